The maximum Gasteiger partial charge on any atom is 0.161 e. The summed E-state index contributed by atoms with van der Waals surface area (Å²) in [6.45, 7) is 2.27. The van der Waals surface area contributed by atoms with Gasteiger partial charge in [0.05, 0.1) is 7.11 Å². The number of rotatable bonds is 8. The van der Waals surface area contributed by atoms with Crippen molar-refractivity contribution in [2.24, 2.45) is 11.7 Å². The van der Waals surface area contributed by atoms with E-state index >= 15 is 0 Å². The van der Waals surface area contributed by atoms with E-state index in [2.05, 4.69) is 11.9 Å². The van der Waals surface area contributed by atoms with Crippen molar-refractivity contribution in [1.29, 1.82) is 0 Å². The molecule has 1 unspecified atom stereocenters. The summed E-state index contributed by atoms with van der Waals surface area (Å²) in [6.07, 6.45) is 2.64. The highest BCUT2D eigenvalue weighted by Gasteiger charge is 2.32. The summed E-state index contributed by atoms with van der Waals surface area (Å²) in [4.78, 5) is 2.31. The molecule has 0 spiro atoms. The van der Waals surface area contributed by atoms with E-state index in [0.29, 0.717) is 12.6 Å². The van der Waals surface area contributed by atoms with Crippen molar-refractivity contribution in [2.75, 3.05) is 33.9 Å². The van der Waals surface area contributed by atoms with E-state index in [1.807, 2.05) is 24.3 Å². The minimum Gasteiger partial charge on any atom is -0.493 e. The van der Waals surface area contributed by atoms with Crippen LogP contribution in [0.15, 0.2) is 24.3 Å². The molecule has 2 rings (SSSR count). The lowest BCUT2D eigenvalue weighted by Gasteiger charge is -2.26. The fourth-order valence-corrected chi connectivity index (χ4v) is 2.42. The molecular weight excluding hydrogens is 240 g/mol. The van der Waals surface area contributed by atoms with E-state index in [9.17, 15) is 0 Å². The van der Waals surface area contributed by atoms with Crippen LogP contribution in [-0.2, 0) is 0 Å². The first-order valence-electron chi connectivity index (χ1n) is 6.92. The van der Waals surface area contributed by atoms with Crippen LogP contribution >= 0.6 is 0 Å². The maximum atomic E-state index is 5.84. The van der Waals surface area contributed by atoms with Crippen molar-refractivity contribution in [1.82, 2.24) is 4.90 Å². The van der Waals surface area contributed by atoms with Crippen LogP contribution in [0.3, 0.4) is 0 Å². The van der Waals surface area contributed by atoms with Crippen molar-refractivity contribution in [3.63, 3.8) is 0 Å². The molecule has 1 aliphatic rings. The minimum absolute atomic E-state index is 0.501. The van der Waals surface area contributed by atoms with Crippen molar-refractivity contribution in [3.05, 3.63) is 24.3 Å². The minimum atomic E-state index is 0.501. The zero-order chi connectivity index (χ0) is 13.7. The van der Waals surface area contributed by atoms with Gasteiger partial charge >= 0.3 is 0 Å². The highest BCUT2D eigenvalue weighted by molar-refractivity contribution is 5.39. The Morgan fingerprint density at radius 3 is 2.58 bits per heavy atom. The van der Waals surface area contributed by atoms with E-state index in [0.717, 1.165) is 30.5 Å². The van der Waals surface area contributed by atoms with Gasteiger partial charge in [0.15, 0.2) is 11.5 Å². The molecular formula is C15H24N2O2. The molecule has 1 fully saturated rings. The number of benzene rings is 1. The van der Waals surface area contributed by atoms with Gasteiger partial charge in [0.25, 0.3) is 0 Å². The molecule has 19 heavy (non-hydrogen) atoms. The average Bonchev–Trinajstić information content (AvgIpc) is 3.25. The molecule has 0 bridgehead atoms. The van der Waals surface area contributed by atoms with Gasteiger partial charge in [-0.15, -0.1) is 0 Å². The number of para-hydroxylation sites is 2. The molecule has 0 amide bonds. The highest BCUT2D eigenvalue weighted by atomic mass is 16.5. The molecule has 0 aromatic heterocycles. The zero-order valence-electron chi connectivity index (χ0n) is 11.8. The first-order valence-corrected chi connectivity index (χ1v) is 6.92. The van der Waals surface area contributed by atoms with E-state index in [1.165, 1.54) is 12.8 Å². The molecule has 0 aliphatic heterocycles. The Morgan fingerprint density at radius 1 is 1.32 bits per heavy atom. The second-order valence-corrected chi connectivity index (χ2v) is 5.12. The van der Waals surface area contributed by atoms with Crippen molar-refractivity contribution in [2.45, 2.75) is 18.9 Å². The van der Waals surface area contributed by atoms with Crippen LogP contribution in [0.1, 0.15) is 12.8 Å². The van der Waals surface area contributed by atoms with Gasteiger partial charge in [0.2, 0.25) is 0 Å². The summed E-state index contributed by atoms with van der Waals surface area (Å²) in [7, 11) is 3.79. The Morgan fingerprint density at radius 2 is 2.00 bits per heavy atom. The Bertz CT molecular complexity index is 393. The standard InChI is InChI=1S/C15H24N2O2/c1-17(13(11-16)12-7-8-12)9-10-19-15-6-4-3-5-14(15)18-2/h3-6,12-13H,7-11,16H2,1-2H3. The monoisotopic (exact) mass is 264 g/mol. The number of likely N-dealkylation sites (N-methyl/N-ethyl adjacent to an activating group) is 1. The van der Waals surface area contributed by atoms with Crippen molar-refractivity contribution >= 4 is 0 Å². The van der Waals surface area contributed by atoms with Gasteiger partial charge < -0.3 is 15.2 Å². The second kappa shape index (κ2) is 6.78. The first-order chi connectivity index (χ1) is 9.26. The molecule has 0 heterocycles. The predicted molar refractivity (Wildman–Crippen MR) is 76.7 cm³/mol. The van der Waals surface area contributed by atoms with Crippen LogP contribution in [0.5, 0.6) is 11.5 Å². The largest absolute Gasteiger partial charge is 0.493 e. The Kier molecular flexibility index (Phi) is 5.05. The SMILES string of the molecule is COc1ccccc1OCCN(C)C(CN)C1CC1. The van der Waals surface area contributed by atoms with Gasteiger partial charge in [0.1, 0.15) is 6.61 Å². The van der Waals surface area contributed by atoms with Crippen LogP contribution in [0.4, 0.5) is 0 Å². The third-order valence-corrected chi connectivity index (χ3v) is 3.74. The molecule has 1 aromatic carbocycles. The average molecular weight is 264 g/mol. The summed E-state index contributed by atoms with van der Waals surface area (Å²) >= 11 is 0. The summed E-state index contributed by atoms with van der Waals surface area (Å²) in [5, 5.41) is 0. The van der Waals surface area contributed by atoms with Gasteiger partial charge in [-0.05, 0) is 37.9 Å². The number of hydrogen-bond acceptors (Lipinski definition) is 4. The molecule has 4 heteroatoms. The lowest BCUT2D eigenvalue weighted by Crippen LogP contribution is -2.41. The fourth-order valence-electron chi connectivity index (χ4n) is 2.42. The molecule has 0 radical (unpaired) electrons. The van der Waals surface area contributed by atoms with Crippen LogP contribution < -0.4 is 15.2 Å². The number of ether oxygens (including phenoxy) is 2. The van der Waals surface area contributed by atoms with Gasteiger partial charge in [-0.1, -0.05) is 12.1 Å². The lowest BCUT2D eigenvalue weighted by atomic mass is 10.1. The molecule has 0 saturated heterocycles. The van der Waals surface area contributed by atoms with Gasteiger partial charge in [0, 0.05) is 19.1 Å². The van der Waals surface area contributed by atoms with Crippen molar-refractivity contribution in [3.8, 4) is 11.5 Å². The number of nitrogens with two attached hydrogens (primary N) is 1. The van der Waals surface area contributed by atoms with E-state index < -0.39 is 0 Å². The second-order valence-electron chi connectivity index (χ2n) is 5.12. The Hall–Kier alpha value is -1.26. The van der Waals surface area contributed by atoms with Crippen LogP contribution in [0.25, 0.3) is 0 Å². The van der Waals surface area contributed by atoms with Gasteiger partial charge in [-0.2, -0.15) is 0 Å². The third kappa shape index (κ3) is 3.85. The summed E-state index contributed by atoms with van der Waals surface area (Å²) < 4.78 is 11.0. The summed E-state index contributed by atoms with van der Waals surface area (Å²) in [5.74, 6) is 2.37. The first kappa shape index (κ1) is 14.2. The summed E-state index contributed by atoms with van der Waals surface area (Å²) in [5.41, 5.74) is 5.84. The molecule has 2 N–H and O–H groups in total. The van der Waals surface area contributed by atoms with Crippen LogP contribution in [0.2, 0.25) is 0 Å². The molecule has 1 aromatic rings. The van der Waals surface area contributed by atoms with Gasteiger partial charge in [-0.3, -0.25) is 4.90 Å². The van der Waals surface area contributed by atoms with Gasteiger partial charge in [-0.25, -0.2) is 0 Å². The lowest BCUT2D eigenvalue weighted by molar-refractivity contribution is 0.177. The normalized spacial score (nSPS) is 16.4. The maximum absolute atomic E-state index is 5.84. The number of methoxy groups -OCH3 is 1. The van der Waals surface area contributed by atoms with E-state index in [-0.39, 0.29) is 0 Å². The molecule has 1 saturated carbocycles. The third-order valence-electron chi connectivity index (χ3n) is 3.74. The summed E-state index contributed by atoms with van der Waals surface area (Å²) in [6, 6.07) is 8.23. The molecule has 1 aliphatic carbocycles. The van der Waals surface area contributed by atoms with Crippen LogP contribution in [0, 0.1) is 5.92 Å². The fraction of sp³-hybridized carbons (Fsp3) is 0.600. The molecule has 4 nitrogen and oxygen atoms in total. The Balaban J connectivity index is 1.79. The quantitative estimate of drug-likeness (QED) is 0.777. The zero-order valence-corrected chi connectivity index (χ0v) is 11.8. The molecule has 106 valence electrons. The molecule has 1 atom stereocenters. The Labute approximate surface area is 115 Å². The van der Waals surface area contributed by atoms with E-state index in [1.54, 1.807) is 7.11 Å². The topological polar surface area (TPSA) is 47.7 Å². The van der Waals surface area contributed by atoms with Crippen molar-refractivity contribution < 1.29 is 9.47 Å². The smallest absolute Gasteiger partial charge is 0.161 e. The van der Waals surface area contributed by atoms with E-state index in [4.69, 9.17) is 15.2 Å². The number of hydrogen-bond donors (Lipinski definition) is 1. The van der Waals surface area contributed by atoms with Crippen LogP contribution in [-0.4, -0.2) is 44.8 Å². The highest BCUT2D eigenvalue weighted by Crippen LogP contribution is 2.34. The number of nitrogens with zero attached hydrogens (tertiary/aromatic N) is 1. The predicted octanol–water partition coefficient (Wildman–Crippen LogP) is 1.74.